The molecule has 0 amide bonds. The smallest absolute Gasteiger partial charge is 0.137 e. The normalized spacial score (nSPS) is 12.8. The first-order valence-electron chi connectivity index (χ1n) is 4.82. The Labute approximate surface area is 103 Å². The Morgan fingerprint density at radius 1 is 1.53 bits per heavy atom. The fourth-order valence-electron chi connectivity index (χ4n) is 1.34. The van der Waals surface area contributed by atoms with Crippen molar-refractivity contribution in [3.05, 3.63) is 34.1 Å². The van der Waals surface area contributed by atoms with Gasteiger partial charge in [-0.1, -0.05) is 6.07 Å². The Balaban J connectivity index is 2.53. The topological polar surface area (TPSA) is 26.0 Å². The van der Waals surface area contributed by atoms with Crippen molar-refractivity contribution in [3.8, 4) is 0 Å². The van der Waals surface area contributed by atoms with Crippen molar-refractivity contribution in [1.82, 2.24) is 0 Å². The maximum atomic E-state index is 13.0. The minimum absolute atomic E-state index is 0.162. The Hall–Kier alpha value is -0.0600. The highest BCUT2D eigenvalue weighted by Crippen LogP contribution is 2.18. The molecule has 1 rings (SSSR count). The van der Waals surface area contributed by atoms with Crippen LogP contribution in [0.5, 0.6) is 0 Å². The second-order valence-corrected chi connectivity index (χ2v) is 5.33. The molecule has 1 aromatic carbocycles. The lowest BCUT2D eigenvalue weighted by Gasteiger charge is -2.11. The Morgan fingerprint density at radius 2 is 2.27 bits per heavy atom. The third kappa shape index (κ3) is 4.53. The molecule has 0 spiro atoms. The van der Waals surface area contributed by atoms with Crippen molar-refractivity contribution in [2.45, 2.75) is 18.9 Å². The lowest BCUT2D eigenvalue weighted by atomic mass is 10.1. The lowest BCUT2D eigenvalue weighted by Crippen LogP contribution is -2.23. The van der Waals surface area contributed by atoms with Crippen LogP contribution in [0.3, 0.4) is 0 Å². The van der Waals surface area contributed by atoms with Crippen molar-refractivity contribution in [2.75, 3.05) is 12.0 Å². The fraction of sp³-hybridized carbons (Fsp3) is 0.455. The molecule has 15 heavy (non-hydrogen) atoms. The minimum atomic E-state index is -0.226. The second-order valence-electron chi connectivity index (χ2n) is 3.49. The number of thioether (sulfide) groups is 1. The summed E-state index contributed by atoms with van der Waals surface area (Å²) in [7, 11) is 0. The molecule has 0 saturated heterocycles. The van der Waals surface area contributed by atoms with Crippen LogP contribution in [-0.2, 0) is 6.42 Å². The van der Waals surface area contributed by atoms with E-state index in [2.05, 4.69) is 22.2 Å². The predicted molar refractivity (Wildman–Crippen MR) is 68.8 cm³/mol. The molecule has 0 aliphatic heterocycles. The van der Waals surface area contributed by atoms with Crippen LogP contribution in [0, 0.1) is 5.82 Å². The maximum Gasteiger partial charge on any atom is 0.137 e. The number of nitrogens with two attached hydrogens (primary N) is 1. The molecule has 0 aliphatic rings. The van der Waals surface area contributed by atoms with Crippen molar-refractivity contribution in [3.63, 3.8) is 0 Å². The molecule has 1 unspecified atom stereocenters. The first kappa shape index (κ1) is 13.0. The Kier molecular flexibility index (Phi) is 5.64. The molecule has 0 fully saturated rings. The lowest BCUT2D eigenvalue weighted by molar-refractivity contribution is 0.616. The van der Waals surface area contributed by atoms with E-state index in [1.165, 1.54) is 6.07 Å². The van der Waals surface area contributed by atoms with Crippen LogP contribution < -0.4 is 5.73 Å². The summed E-state index contributed by atoms with van der Waals surface area (Å²) in [5.74, 6) is 0.847. The Bertz CT molecular complexity index is 319. The van der Waals surface area contributed by atoms with Crippen molar-refractivity contribution >= 4 is 27.7 Å². The van der Waals surface area contributed by atoms with E-state index in [0.29, 0.717) is 4.47 Å². The molecule has 0 aliphatic carbocycles. The number of halogens is 2. The van der Waals surface area contributed by atoms with Gasteiger partial charge >= 0.3 is 0 Å². The molecule has 0 heterocycles. The summed E-state index contributed by atoms with van der Waals surface area (Å²) in [6.07, 6.45) is 3.87. The third-order valence-electron chi connectivity index (χ3n) is 2.17. The van der Waals surface area contributed by atoms with E-state index in [4.69, 9.17) is 5.73 Å². The van der Waals surface area contributed by atoms with Gasteiger partial charge in [-0.2, -0.15) is 11.8 Å². The van der Waals surface area contributed by atoms with Crippen LogP contribution in [0.1, 0.15) is 12.0 Å². The molecule has 1 nitrogen and oxygen atoms in total. The van der Waals surface area contributed by atoms with E-state index < -0.39 is 0 Å². The van der Waals surface area contributed by atoms with Gasteiger partial charge in [-0.3, -0.25) is 0 Å². The summed E-state index contributed by atoms with van der Waals surface area (Å²) in [4.78, 5) is 0. The van der Waals surface area contributed by atoms with Gasteiger partial charge in [-0.05, 0) is 58.5 Å². The summed E-state index contributed by atoms with van der Waals surface area (Å²) in [6, 6.07) is 5.23. The van der Waals surface area contributed by atoms with Gasteiger partial charge in [-0.15, -0.1) is 0 Å². The molecule has 0 bridgehead atoms. The predicted octanol–water partition coefficient (Wildman–Crippen LogP) is 3.21. The van der Waals surface area contributed by atoms with Crippen LogP contribution in [-0.4, -0.2) is 18.1 Å². The van der Waals surface area contributed by atoms with Gasteiger partial charge in [0.05, 0.1) is 4.47 Å². The summed E-state index contributed by atoms with van der Waals surface area (Å²) < 4.78 is 13.5. The zero-order chi connectivity index (χ0) is 11.3. The summed E-state index contributed by atoms with van der Waals surface area (Å²) in [5.41, 5.74) is 7.04. The molecule has 84 valence electrons. The zero-order valence-electron chi connectivity index (χ0n) is 8.67. The monoisotopic (exact) mass is 291 g/mol. The first-order valence-corrected chi connectivity index (χ1v) is 7.00. The molecular weight excluding hydrogens is 277 g/mol. The number of hydrogen-bond donors (Lipinski definition) is 1. The van der Waals surface area contributed by atoms with Gasteiger partial charge in [0.25, 0.3) is 0 Å². The van der Waals surface area contributed by atoms with Gasteiger partial charge in [0.15, 0.2) is 0 Å². The van der Waals surface area contributed by atoms with Gasteiger partial charge in [-0.25, -0.2) is 4.39 Å². The van der Waals surface area contributed by atoms with E-state index in [0.717, 1.165) is 24.2 Å². The van der Waals surface area contributed by atoms with E-state index in [-0.39, 0.29) is 11.9 Å². The molecule has 4 heteroatoms. The average molecular weight is 292 g/mol. The second kappa shape index (κ2) is 6.51. The Morgan fingerprint density at radius 3 is 2.87 bits per heavy atom. The van der Waals surface area contributed by atoms with Gasteiger partial charge in [0.1, 0.15) is 5.82 Å². The van der Waals surface area contributed by atoms with Crippen LogP contribution in [0.25, 0.3) is 0 Å². The number of rotatable bonds is 5. The first-order chi connectivity index (χ1) is 7.13. The van der Waals surface area contributed by atoms with E-state index in [1.54, 1.807) is 23.9 Å². The minimum Gasteiger partial charge on any atom is -0.327 e. The quantitative estimate of drug-likeness (QED) is 0.902. The standard InChI is InChI=1S/C11H15BrFNS/c1-15-5-4-9(14)6-8-2-3-11(13)10(12)7-8/h2-3,7,9H,4-6,14H2,1H3. The van der Waals surface area contributed by atoms with E-state index in [1.807, 2.05) is 0 Å². The summed E-state index contributed by atoms with van der Waals surface area (Å²) >= 11 is 4.97. The van der Waals surface area contributed by atoms with E-state index in [9.17, 15) is 4.39 Å². The van der Waals surface area contributed by atoms with Crippen LogP contribution in [0.2, 0.25) is 0 Å². The summed E-state index contributed by atoms with van der Waals surface area (Å²) in [5, 5.41) is 0. The molecule has 0 saturated carbocycles. The molecule has 1 atom stereocenters. The molecule has 1 aromatic rings. The highest BCUT2D eigenvalue weighted by atomic mass is 79.9. The van der Waals surface area contributed by atoms with Crippen molar-refractivity contribution in [2.24, 2.45) is 5.73 Å². The molecular formula is C11H15BrFNS. The van der Waals surface area contributed by atoms with Gasteiger partial charge in [0.2, 0.25) is 0 Å². The largest absolute Gasteiger partial charge is 0.327 e. The number of benzene rings is 1. The molecule has 2 N–H and O–H groups in total. The van der Waals surface area contributed by atoms with Gasteiger partial charge < -0.3 is 5.73 Å². The maximum absolute atomic E-state index is 13.0. The van der Waals surface area contributed by atoms with Crippen LogP contribution >= 0.6 is 27.7 Å². The van der Waals surface area contributed by atoms with Crippen molar-refractivity contribution < 1.29 is 4.39 Å². The van der Waals surface area contributed by atoms with E-state index >= 15 is 0 Å². The highest BCUT2D eigenvalue weighted by molar-refractivity contribution is 9.10. The van der Waals surface area contributed by atoms with Crippen molar-refractivity contribution in [1.29, 1.82) is 0 Å². The molecule has 0 radical (unpaired) electrons. The fourth-order valence-corrected chi connectivity index (χ4v) is 2.31. The van der Waals surface area contributed by atoms with Gasteiger partial charge in [0, 0.05) is 6.04 Å². The zero-order valence-corrected chi connectivity index (χ0v) is 11.1. The van der Waals surface area contributed by atoms with Crippen LogP contribution in [0.15, 0.2) is 22.7 Å². The number of hydrogen-bond acceptors (Lipinski definition) is 2. The molecule has 0 aromatic heterocycles. The average Bonchev–Trinajstić information content (AvgIpc) is 2.20. The highest BCUT2D eigenvalue weighted by Gasteiger charge is 2.06. The summed E-state index contributed by atoms with van der Waals surface area (Å²) in [6.45, 7) is 0. The SMILES string of the molecule is CSCCC(N)Cc1ccc(F)c(Br)c1. The van der Waals surface area contributed by atoms with Crippen LogP contribution in [0.4, 0.5) is 4.39 Å². The third-order valence-corrected chi connectivity index (χ3v) is 3.43.